The lowest BCUT2D eigenvalue weighted by Gasteiger charge is -2.26. The summed E-state index contributed by atoms with van der Waals surface area (Å²) in [6.45, 7) is 3.08. The molecule has 0 amide bonds. The maximum Gasteiger partial charge on any atom is 0.0541 e. The molecule has 2 N–H and O–H groups in total. The van der Waals surface area contributed by atoms with Crippen molar-refractivity contribution in [2.45, 2.75) is 51.3 Å². The van der Waals surface area contributed by atoms with E-state index in [1.807, 2.05) is 0 Å². The molecule has 0 bridgehead atoms. The zero-order valence-electron chi connectivity index (χ0n) is 10.2. The molecular weight excluding hydrogens is 278 g/mol. The third kappa shape index (κ3) is 3.80. The Labute approximate surface area is 112 Å². The fraction of sp³-hybridized carbons (Fsp3) is 0.571. The van der Waals surface area contributed by atoms with Gasteiger partial charge in [0.1, 0.15) is 0 Å². The molecule has 1 aromatic rings. The van der Waals surface area contributed by atoms with Crippen LogP contribution in [0.15, 0.2) is 22.7 Å². The highest BCUT2D eigenvalue weighted by molar-refractivity contribution is 9.10. The van der Waals surface area contributed by atoms with Gasteiger partial charge in [0, 0.05) is 17.1 Å². The number of nitrogens with one attached hydrogen (secondary N) is 1. The number of aryl methyl sites for hydroxylation is 1. The second-order valence-electron chi connectivity index (χ2n) is 4.96. The average molecular weight is 298 g/mol. The Morgan fingerprint density at radius 1 is 1.29 bits per heavy atom. The smallest absolute Gasteiger partial charge is 0.0541 e. The Morgan fingerprint density at radius 3 is 2.65 bits per heavy atom. The minimum Gasteiger partial charge on any atom is -0.393 e. The molecule has 0 radical (unpaired) electrons. The van der Waals surface area contributed by atoms with E-state index in [4.69, 9.17) is 0 Å². The second kappa shape index (κ2) is 5.98. The summed E-state index contributed by atoms with van der Waals surface area (Å²) in [6, 6.07) is 6.99. The fourth-order valence-corrected chi connectivity index (χ4v) is 2.87. The van der Waals surface area contributed by atoms with Gasteiger partial charge in [-0.1, -0.05) is 22.0 Å². The highest BCUT2D eigenvalue weighted by Crippen LogP contribution is 2.20. The number of halogens is 1. The zero-order valence-corrected chi connectivity index (χ0v) is 11.8. The monoisotopic (exact) mass is 297 g/mol. The SMILES string of the molecule is Cc1cc(Br)ccc1CNC1CCC(O)CC1. The molecule has 17 heavy (non-hydrogen) atoms. The molecule has 2 rings (SSSR count). The van der Waals surface area contributed by atoms with Gasteiger partial charge in [-0.3, -0.25) is 0 Å². The largest absolute Gasteiger partial charge is 0.393 e. The first kappa shape index (κ1) is 13.1. The maximum absolute atomic E-state index is 9.45. The fourth-order valence-electron chi connectivity index (χ4n) is 2.39. The van der Waals surface area contributed by atoms with Crippen LogP contribution in [-0.4, -0.2) is 17.3 Å². The molecule has 1 aromatic carbocycles. The van der Waals surface area contributed by atoms with E-state index in [2.05, 4.69) is 46.4 Å². The molecule has 0 aliphatic heterocycles. The first-order chi connectivity index (χ1) is 8.15. The highest BCUT2D eigenvalue weighted by atomic mass is 79.9. The van der Waals surface area contributed by atoms with E-state index in [1.165, 1.54) is 11.1 Å². The van der Waals surface area contributed by atoms with Gasteiger partial charge in [0.15, 0.2) is 0 Å². The molecule has 0 spiro atoms. The molecule has 0 atom stereocenters. The van der Waals surface area contributed by atoms with Crippen molar-refractivity contribution in [3.05, 3.63) is 33.8 Å². The van der Waals surface area contributed by atoms with E-state index in [0.717, 1.165) is 36.7 Å². The summed E-state index contributed by atoms with van der Waals surface area (Å²) in [6.07, 6.45) is 4.00. The van der Waals surface area contributed by atoms with Gasteiger partial charge in [-0.15, -0.1) is 0 Å². The number of hydrogen-bond acceptors (Lipinski definition) is 2. The number of hydrogen-bond donors (Lipinski definition) is 2. The number of rotatable bonds is 3. The third-order valence-corrected chi connectivity index (χ3v) is 4.08. The Morgan fingerprint density at radius 2 is 2.00 bits per heavy atom. The summed E-state index contributed by atoms with van der Waals surface area (Å²) in [4.78, 5) is 0. The van der Waals surface area contributed by atoms with Gasteiger partial charge in [0.2, 0.25) is 0 Å². The summed E-state index contributed by atoms with van der Waals surface area (Å²) in [7, 11) is 0. The van der Waals surface area contributed by atoms with Gasteiger partial charge in [-0.2, -0.15) is 0 Å². The van der Waals surface area contributed by atoms with Crippen molar-refractivity contribution in [1.29, 1.82) is 0 Å². The molecule has 1 fully saturated rings. The quantitative estimate of drug-likeness (QED) is 0.898. The lowest BCUT2D eigenvalue weighted by molar-refractivity contribution is 0.116. The lowest BCUT2D eigenvalue weighted by atomic mass is 9.93. The predicted octanol–water partition coefficient (Wildman–Crippen LogP) is 3.15. The second-order valence-corrected chi connectivity index (χ2v) is 5.87. The Hall–Kier alpha value is -0.380. The van der Waals surface area contributed by atoms with Crippen LogP contribution < -0.4 is 5.32 Å². The Balaban J connectivity index is 1.85. The summed E-state index contributed by atoms with van der Waals surface area (Å²) >= 11 is 3.48. The van der Waals surface area contributed by atoms with Crippen molar-refractivity contribution in [1.82, 2.24) is 5.32 Å². The van der Waals surface area contributed by atoms with E-state index in [1.54, 1.807) is 0 Å². The van der Waals surface area contributed by atoms with Crippen LogP contribution in [0.3, 0.4) is 0 Å². The normalized spacial score (nSPS) is 24.9. The molecule has 1 saturated carbocycles. The van der Waals surface area contributed by atoms with Crippen molar-refractivity contribution in [2.24, 2.45) is 0 Å². The summed E-state index contributed by atoms with van der Waals surface area (Å²) < 4.78 is 1.14. The van der Waals surface area contributed by atoms with Crippen molar-refractivity contribution in [3.8, 4) is 0 Å². The van der Waals surface area contributed by atoms with Crippen LogP contribution in [-0.2, 0) is 6.54 Å². The minimum atomic E-state index is -0.0672. The predicted molar refractivity (Wildman–Crippen MR) is 74.0 cm³/mol. The van der Waals surface area contributed by atoms with Crippen LogP contribution in [0.1, 0.15) is 36.8 Å². The molecule has 0 heterocycles. The molecule has 1 aliphatic carbocycles. The molecule has 1 aliphatic rings. The lowest BCUT2D eigenvalue weighted by Crippen LogP contribution is -2.34. The summed E-state index contributed by atoms with van der Waals surface area (Å²) in [5, 5.41) is 13.0. The Bertz CT molecular complexity index is 372. The van der Waals surface area contributed by atoms with Gasteiger partial charge in [0.05, 0.1) is 6.10 Å². The molecule has 94 valence electrons. The van der Waals surface area contributed by atoms with Crippen molar-refractivity contribution < 1.29 is 5.11 Å². The van der Waals surface area contributed by atoms with Gasteiger partial charge < -0.3 is 10.4 Å². The van der Waals surface area contributed by atoms with E-state index in [-0.39, 0.29) is 6.10 Å². The summed E-state index contributed by atoms with van der Waals surface area (Å²) in [5.74, 6) is 0. The van der Waals surface area contributed by atoms with E-state index in [9.17, 15) is 5.11 Å². The van der Waals surface area contributed by atoms with Crippen LogP contribution in [0, 0.1) is 6.92 Å². The highest BCUT2D eigenvalue weighted by Gasteiger charge is 2.18. The molecule has 0 saturated heterocycles. The molecule has 3 heteroatoms. The number of aliphatic hydroxyl groups excluding tert-OH is 1. The number of benzene rings is 1. The Kier molecular flexibility index (Phi) is 4.60. The van der Waals surface area contributed by atoms with Crippen LogP contribution in [0.25, 0.3) is 0 Å². The standard InChI is InChI=1S/C14H20BrNO/c1-10-8-12(15)3-2-11(10)9-16-13-4-6-14(17)7-5-13/h2-3,8,13-14,16-17H,4-7,9H2,1H3. The van der Waals surface area contributed by atoms with Crippen molar-refractivity contribution in [2.75, 3.05) is 0 Å². The maximum atomic E-state index is 9.45. The van der Waals surface area contributed by atoms with Gasteiger partial charge in [-0.25, -0.2) is 0 Å². The van der Waals surface area contributed by atoms with Crippen molar-refractivity contribution in [3.63, 3.8) is 0 Å². The molecular formula is C14H20BrNO. The van der Waals surface area contributed by atoms with E-state index < -0.39 is 0 Å². The molecule has 0 unspecified atom stereocenters. The van der Waals surface area contributed by atoms with E-state index >= 15 is 0 Å². The zero-order chi connectivity index (χ0) is 12.3. The van der Waals surface area contributed by atoms with Gasteiger partial charge in [-0.05, 0) is 55.9 Å². The van der Waals surface area contributed by atoms with Crippen LogP contribution >= 0.6 is 15.9 Å². The molecule has 2 nitrogen and oxygen atoms in total. The van der Waals surface area contributed by atoms with E-state index in [0.29, 0.717) is 6.04 Å². The van der Waals surface area contributed by atoms with Crippen LogP contribution in [0.4, 0.5) is 0 Å². The molecule has 0 aromatic heterocycles. The first-order valence-corrected chi connectivity index (χ1v) is 7.11. The first-order valence-electron chi connectivity index (χ1n) is 6.31. The number of aliphatic hydroxyl groups is 1. The van der Waals surface area contributed by atoms with Gasteiger partial charge in [0.25, 0.3) is 0 Å². The van der Waals surface area contributed by atoms with Crippen molar-refractivity contribution >= 4 is 15.9 Å². The minimum absolute atomic E-state index is 0.0672. The average Bonchev–Trinajstić information content (AvgIpc) is 2.30. The van der Waals surface area contributed by atoms with Gasteiger partial charge >= 0.3 is 0 Å². The topological polar surface area (TPSA) is 32.3 Å². The van der Waals surface area contributed by atoms with Crippen LogP contribution in [0.2, 0.25) is 0 Å². The summed E-state index contributed by atoms with van der Waals surface area (Å²) in [5.41, 5.74) is 2.68. The van der Waals surface area contributed by atoms with Crippen LogP contribution in [0.5, 0.6) is 0 Å². The third-order valence-electron chi connectivity index (χ3n) is 3.58.